The predicted octanol–water partition coefficient (Wildman–Crippen LogP) is 3.23. The van der Waals surface area contributed by atoms with Gasteiger partial charge in [0.25, 0.3) is 0 Å². The average Bonchev–Trinajstić information content (AvgIpc) is 2.29. The van der Waals surface area contributed by atoms with E-state index in [1.807, 2.05) is 13.8 Å². The SMILES string of the molecule is CCCCCOC(=O)CCCCC(=O)OC(C)C. The molecule has 0 heterocycles. The van der Waals surface area contributed by atoms with Crippen LogP contribution < -0.4 is 0 Å². The fourth-order valence-electron chi connectivity index (χ4n) is 1.47. The van der Waals surface area contributed by atoms with E-state index in [1.165, 1.54) is 0 Å². The molecule has 0 amide bonds. The Balaban J connectivity index is 3.37. The summed E-state index contributed by atoms with van der Waals surface area (Å²) in [6.07, 6.45) is 5.20. The molecule has 0 radical (unpaired) electrons. The highest BCUT2D eigenvalue weighted by molar-refractivity contribution is 5.70. The van der Waals surface area contributed by atoms with Crippen molar-refractivity contribution in [3.05, 3.63) is 0 Å². The molecule has 0 aliphatic heterocycles. The van der Waals surface area contributed by atoms with Crippen molar-refractivity contribution in [1.82, 2.24) is 0 Å². The second-order valence-electron chi connectivity index (χ2n) is 4.67. The molecule has 0 N–H and O–H groups in total. The first kappa shape index (κ1) is 16.9. The number of ether oxygens (including phenoxy) is 2. The lowest BCUT2D eigenvalue weighted by atomic mass is 10.2. The minimum atomic E-state index is -0.193. The largest absolute Gasteiger partial charge is 0.466 e. The zero-order chi connectivity index (χ0) is 13.8. The molecule has 0 rings (SSSR count). The van der Waals surface area contributed by atoms with Crippen LogP contribution in [0, 0.1) is 0 Å². The summed E-state index contributed by atoms with van der Waals surface area (Å²) in [5.74, 6) is -0.357. The zero-order valence-electron chi connectivity index (χ0n) is 11.9. The van der Waals surface area contributed by atoms with Gasteiger partial charge in [-0.1, -0.05) is 19.8 Å². The van der Waals surface area contributed by atoms with Crippen LogP contribution in [-0.4, -0.2) is 24.6 Å². The summed E-state index contributed by atoms with van der Waals surface area (Å²) in [7, 11) is 0. The monoisotopic (exact) mass is 258 g/mol. The topological polar surface area (TPSA) is 52.6 Å². The highest BCUT2D eigenvalue weighted by Crippen LogP contribution is 2.05. The third-order valence-electron chi connectivity index (χ3n) is 2.39. The van der Waals surface area contributed by atoms with Crippen LogP contribution in [0.1, 0.15) is 65.7 Å². The molecule has 0 aromatic carbocycles. The van der Waals surface area contributed by atoms with Gasteiger partial charge in [-0.2, -0.15) is 0 Å². The highest BCUT2D eigenvalue weighted by atomic mass is 16.5. The molecule has 0 saturated carbocycles. The second kappa shape index (κ2) is 11.1. The van der Waals surface area contributed by atoms with Crippen LogP contribution in [0.5, 0.6) is 0 Å². The maximum absolute atomic E-state index is 11.3. The Kier molecular flexibility index (Phi) is 10.4. The molecule has 0 aromatic heterocycles. The number of carbonyl (C=O) groups is 2. The normalized spacial score (nSPS) is 10.4. The molecule has 0 atom stereocenters. The van der Waals surface area contributed by atoms with Crippen LogP contribution in [0.15, 0.2) is 0 Å². The van der Waals surface area contributed by atoms with E-state index < -0.39 is 0 Å². The summed E-state index contributed by atoms with van der Waals surface area (Å²) in [5, 5.41) is 0. The van der Waals surface area contributed by atoms with E-state index in [1.54, 1.807) is 0 Å². The Bertz CT molecular complexity index is 236. The summed E-state index contributed by atoms with van der Waals surface area (Å²) in [6, 6.07) is 0. The summed E-state index contributed by atoms with van der Waals surface area (Å²) in [4.78, 5) is 22.5. The molecule has 0 spiro atoms. The smallest absolute Gasteiger partial charge is 0.306 e. The fourth-order valence-corrected chi connectivity index (χ4v) is 1.47. The number of unbranched alkanes of at least 4 members (excludes halogenated alkanes) is 3. The number of hydrogen-bond donors (Lipinski definition) is 0. The number of esters is 2. The molecule has 0 fully saturated rings. The third kappa shape index (κ3) is 11.4. The highest BCUT2D eigenvalue weighted by Gasteiger charge is 2.07. The van der Waals surface area contributed by atoms with E-state index in [0.717, 1.165) is 19.3 Å². The quantitative estimate of drug-likeness (QED) is 0.446. The van der Waals surface area contributed by atoms with Gasteiger partial charge in [-0.25, -0.2) is 0 Å². The van der Waals surface area contributed by atoms with Gasteiger partial charge in [0.2, 0.25) is 0 Å². The van der Waals surface area contributed by atoms with Crippen LogP contribution in [0.2, 0.25) is 0 Å². The summed E-state index contributed by atoms with van der Waals surface area (Å²) >= 11 is 0. The second-order valence-corrected chi connectivity index (χ2v) is 4.67. The molecule has 0 saturated heterocycles. The molecular formula is C14H26O4. The summed E-state index contributed by atoms with van der Waals surface area (Å²) in [5.41, 5.74) is 0. The van der Waals surface area contributed by atoms with Gasteiger partial charge in [0, 0.05) is 12.8 Å². The van der Waals surface area contributed by atoms with Crippen molar-refractivity contribution in [2.24, 2.45) is 0 Å². The van der Waals surface area contributed by atoms with Crippen molar-refractivity contribution in [3.63, 3.8) is 0 Å². The first-order valence-electron chi connectivity index (χ1n) is 6.91. The zero-order valence-corrected chi connectivity index (χ0v) is 11.9. The third-order valence-corrected chi connectivity index (χ3v) is 2.39. The van der Waals surface area contributed by atoms with E-state index >= 15 is 0 Å². The predicted molar refractivity (Wildman–Crippen MR) is 70.2 cm³/mol. The van der Waals surface area contributed by atoms with Crippen molar-refractivity contribution in [1.29, 1.82) is 0 Å². The Labute approximate surface area is 110 Å². The van der Waals surface area contributed by atoms with Crippen LogP contribution >= 0.6 is 0 Å². The maximum atomic E-state index is 11.3. The van der Waals surface area contributed by atoms with Gasteiger partial charge in [-0.05, 0) is 33.1 Å². The maximum Gasteiger partial charge on any atom is 0.306 e. The van der Waals surface area contributed by atoms with Crippen LogP contribution in [-0.2, 0) is 19.1 Å². The van der Waals surface area contributed by atoms with Crippen molar-refractivity contribution < 1.29 is 19.1 Å². The molecule has 18 heavy (non-hydrogen) atoms. The molecule has 0 aliphatic carbocycles. The molecular weight excluding hydrogens is 232 g/mol. The lowest BCUT2D eigenvalue weighted by Gasteiger charge is -2.07. The Morgan fingerprint density at radius 1 is 0.944 bits per heavy atom. The molecule has 4 nitrogen and oxygen atoms in total. The van der Waals surface area contributed by atoms with Crippen molar-refractivity contribution >= 4 is 11.9 Å². The van der Waals surface area contributed by atoms with E-state index in [2.05, 4.69) is 6.92 Å². The molecule has 0 bridgehead atoms. The van der Waals surface area contributed by atoms with Gasteiger partial charge in [0.05, 0.1) is 12.7 Å². The Morgan fingerprint density at radius 2 is 1.56 bits per heavy atom. The standard InChI is InChI=1S/C14H26O4/c1-4-5-8-11-17-13(15)9-6-7-10-14(16)18-12(2)3/h12H,4-11H2,1-3H3. The van der Waals surface area contributed by atoms with Gasteiger partial charge in [0.1, 0.15) is 0 Å². The van der Waals surface area contributed by atoms with E-state index in [-0.39, 0.29) is 18.0 Å². The minimum Gasteiger partial charge on any atom is -0.466 e. The van der Waals surface area contributed by atoms with Gasteiger partial charge < -0.3 is 9.47 Å². The first-order chi connectivity index (χ1) is 8.56. The van der Waals surface area contributed by atoms with Crippen LogP contribution in [0.25, 0.3) is 0 Å². The minimum absolute atomic E-state index is 0.0685. The molecule has 0 aromatic rings. The average molecular weight is 258 g/mol. The number of carbonyl (C=O) groups excluding carboxylic acids is 2. The molecule has 106 valence electrons. The van der Waals surface area contributed by atoms with E-state index in [4.69, 9.17) is 9.47 Å². The number of hydrogen-bond acceptors (Lipinski definition) is 4. The van der Waals surface area contributed by atoms with E-state index in [9.17, 15) is 9.59 Å². The first-order valence-corrected chi connectivity index (χ1v) is 6.91. The molecule has 4 heteroatoms. The molecule has 0 unspecified atom stereocenters. The van der Waals surface area contributed by atoms with Crippen LogP contribution in [0.4, 0.5) is 0 Å². The lowest BCUT2D eigenvalue weighted by Crippen LogP contribution is -2.11. The Hall–Kier alpha value is -1.06. The molecule has 0 aliphatic rings. The fraction of sp³-hybridized carbons (Fsp3) is 0.857. The summed E-state index contributed by atoms with van der Waals surface area (Å²) in [6.45, 7) is 6.28. The van der Waals surface area contributed by atoms with Crippen LogP contribution in [0.3, 0.4) is 0 Å². The van der Waals surface area contributed by atoms with Gasteiger partial charge >= 0.3 is 11.9 Å². The van der Waals surface area contributed by atoms with Gasteiger partial charge in [-0.3, -0.25) is 9.59 Å². The lowest BCUT2D eigenvalue weighted by molar-refractivity contribution is -0.148. The van der Waals surface area contributed by atoms with Gasteiger partial charge in [-0.15, -0.1) is 0 Å². The van der Waals surface area contributed by atoms with E-state index in [0.29, 0.717) is 32.3 Å². The number of rotatable bonds is 10. The van der Waals surface area contributed by atoms with Crippen molar-refractivity contribution in [3.8, 4) is 0 Å². The Morgan fingerprint density at radius 3 is 2.11 bits per heavy atom. The van der Waals surface area contributed by atoms with Crippen molar-refractivity contribution in [2.75, 3.05) is 6.61 Å². The van der Waals surface area contributed by atoms with Crippen molar-refractivity contribution in [2.45, 2.75) is 71.8 Å². The summed E-state index contributed by atoms with van der Waals surface area (Å²) < 4.78 is 10.1. The van der Waals surface area contributed by atoms with Gasteiger partial charge in [0.15, 0.2) is 0 Å².